The molecular weight excluding hydrogens is 435 g/mol. The number of nitriles is 1. The number of halogens is 2. The number of hydrogen-bond acceptors (Lipinski definition) is 6. The Morgan fingerprint density at radius 2 is 2.11 bits per heavy atom. The highest BCUT2D eigenvalue weighted by molar-refractivity contribution is 7.12. The molecule has 0 unspecified atom stereocenters. The van der Waals surface area contributed by atoms with E-state index in [0.717, 1.165) is 10.4 Å². The van der Waals surface area contributed by atoms with Gasteiger partial charge in [-0.05, 0) is 48.2 Å². The lowest BCUT2D eigenvalue weighted by Gasteiger charge is -2.02. The molecule has 1 aromatic carbocycles. The summed E-state index contributed by atoms with van der Waals surface area (Å²) < 4.78 is 5.37. The topological polar surface area (TPSA) is 66.9 Å². The molecule has 4 aromatic rings. The largest absolute Gasteiger partial charge is 0.421 e. The maximum absolute atomic E-state index is 12.4. The van der Waals surface area contributed by atoms with Crippen LogP contribution in [0.25, 0.3) is 33.9 Å². The molecule has 28 heavy (non-hydrogen) atoms. The van der Waals surface area contributed by atoms with E-state index in [0.29, 0.717) is 26.7 Å². The van der Waals surface area contributed by atoms with Crippen LogP contribution in [-0.2, 0) is 0 Å². The van der Waals surface area contributed by atoms with E-state index in [9.17, 15) is 10.1 Å². The third-order valence-electron chi connectivity index (χ3n) is 4.06. The number of allylic oxidation sites excluding steroid dienone is 1. The predicted octanol–water partition coefficient (Wildman–Crippen LogP) is 6.66. The molecule has 0 saturated carbocycles. The van der Waals surface area contributed by atoms with Crippen molar-refractivity contribution < 1.29 is 4.42 Å². The lowest BCUT2D eigenvalue weighted by Crippen LogP contribution is -2.03. The first-order valence-corrected chi connectivity index (χ1v) is 10.5. The lowest BCUT2D eigenvalue weighted by atomic mass is 10.1. The van der Waals surface area contributed by atoms with Crippen LogP contribution in [0.2, 0.25) is 10.0 Å². The van der Waals surface area contributed by atoms with Gasteiger partial charge < -0.3 is 4.42 Å². The Balaban J connectivity index is 1.80. The zero-order valence-electron chi connectivity index (χ0n) is 14.3. The third kappa shape index (κ3) is 3.50. The Kier molecular flexibility index (Phi) is 5.09. The van der Waals surface area contributed by atoms with Gasteiger partial charge in [-0.3, -0.25) is 0 Å². The molecule has 3 aromatic heterocycles. The van der Waals surface area contributed by atoms with Crippen molar-refractivity contribution in [3.05, 3.63) is 70.9 Å². The van der Waals surface area contributed by atoms with E-state index in [1.807, 2.05) is 24.4 Å². The van der Waals surface area contributed by atoms with E-state index in [2.05, 4.69) is 11.1 Å². The van der Waals surface area contributed by atoms with Crippen LogP contribution in [-0.4, -0.2) is 4.98 Å². The van der Waals surface area contributed by atoms with E-state index in [1.54, 1.807) is 28.8 Å². The SMILES string of the molecule is Cc1ccsc1/C=C(/C#N)c1nc(-c2cc3cc(Cl)cc(Cl)c3oc2=O)cs1. The fourth-order valence-corrected chi connectivity index (χ4v) is 4.85. The number of aryl methyl sites for hydroxylation is 1. The summed E-state index contributed by atoms with van der Waals surface area (Å²) in [4.78, 5) is 17.9. The van der Waals surface area contributed by atoms with Crippen LogP contribution in [0.4, 0.5) is 0 Å². The first-order valence-electron chi connectivity index (χ1n) is 8.01. The molecule has 138 valence electrons. The second kappa shape index (κ2) is 7.53. The number of fused-ring (bicyclic) bond motifs is 1. The molecule has 0 aliphatic carbocycles. The zero-order chi connectivity index (χ0) is 19.8. The van der Waals surface area contributed by atoms with Gasteiger partial charge in [0, 0.05) is 20.7 Å². The van der Waals surface area contributed by atoms with Crippen LogP contribution in [0.15, 0.2) is 44.2 Å². The maximum Gasteiger partial charge on any atom is 0.345 e. The Morgan fingerprint density at radius 3 is 2.82 bits per heavy atom. The number of nitrogens with zero attached hydrogens (tertiary/aromatic N) is 2. The summed E-state index contributed by atoms with van der Waals surface area (Å²) in [5.41, 5.74) is 2.00. The Morgan fingerprint density at radius 1 is 1.29 bits per heavy atom. The van der Waals surface area contributed by atoms with E-state index < -0.39 is 5.63 Å². The first-order chi connectivity index (χ1) is 13.5. The Hall–Kier alpha value is -2.43. The van der Waals surface area contributed by atoms with Crippen LogP contribution in [0.5, 0.6) is 0 Å². The quantitative estimate of drug-likeness (QED) is 0.261. The Bertz CT molecular complexity index is 1340. The number of benzene rings is 1. The molecule has 0 amide bonds. The van der Waals surface area contributed by atoms with Gasteiger partial charge >= 0.3 is 5.63 Å². The molecule has 4 rings (SSSR count). The van der Waals surface area contributed by atoms with Crippen molar-refractivity contribution in [2.24, 2.45) is 0 Å². The van der Waals surface area contributed by atoms with Gasteiger partial charge in [0.15, 0.2) is 5.58 Å². The van der Waals surface area contributed by atoms with Gasteiger partial charge in [0.05, 0.1) is 21.9 Å². The highest BCUT2D eigenvalue weighted by atomic mass is 35.5. The zero-order valence-corrected chi connectivity index (χ0v) is 17.5. The highest BCUT2D eigenvalue weighted by Crippen LogP contribution is 2.31. The molecule has 0 bridgehead atoms. The molecule has 0 saturated heterocycles. The molecule has 0 spiro atoms. The molecule has 0 fully saturated rings. The summed E-state index contributed by atoms with van der Waals surface area (Å²) in [5.74, 6) is 0. The molecule has 0 aliphatic rings. The molecule has 0 aliphatic heterocycles. The molecule has 3 heterocycles. The van der Waals surface area contributed by atoms with Gasteiger partial charge in [-0.1, -0.05) is 23.2 Å². The van der Waals surface area contributed by atoms with E-state index >= 15 is 0 Å². The third-order valence-corrected chi connectivity index (χ3v) is 6.40. The minimum atomic E-state index is -0.551. The van der Waals surface area contributed by atoms with E-state index in [-0.39, 0.29) is 16.2 Å². The van der Waals surface area contributed by atoms with Gasteiger partial charge in [-0.25, -0.2) is 9.78 Å². The van der Waals surface area contributed by atoms with Crippen molar-refractivity contribution in [3.8, 4) is 17.3 Å². The van der Waals surface area contributed by atoms with Crippen LogP contribution >= 0.6 is 45.9 Å². The standard InChI is InChI=1S/C20H10Cl2N2O2S2/c1-10-2-3-27-17(10)6-12(8-23)19-24-16(9-28-19)14-5-11-4-13(21)7-15(22)18(11)26-20(14)25/h2-7,9H,1H3/b12-6-. The van der Waals surface area contributed by atoms with Crippen molar-refractivity contribution in [2.75, 3.05) is 0 Å². The van der Waals surface area contributed by atoms with Gasteiger partial charge in [0.1, 0.15) is 11.1 Å². The first kappa shape index (κ1) is 18.9. The van der Waals surface area contributed by atoms with Crippen molar-refractivity contribution in [1.82, 2.24) is 4.98 Å². The smallest absolute Gasteiger partial charge is 0.345 e. The van der Waals surface area contributed by atoms with Crippen molar-refractivity contribution in [1.29, 1.82) is 5.26 Å². The predicted molar refractivity (Wildman–Crippen MR) is 116 cm³/mol. The summed E-state index contributed by atoms with van der Waals surface area (Å²) in [6.07, 6.45) is 1.81. The molecular formula is C20H10Cl2N2O2S2. The average molecular weight is 445 g/mol. The number of aromatic nitrogens is 1. The summed E-state index contributed by atoms with van der Waals surface area (Å²) >= 11 is 15.0. The summed E-state index contributed by atoms with van der Waals surface area (Å²) in [6.45, 7) is 1.99. The second-order valence-electron chi connectivity index (χ2n) is 5.93. The molecule has 0 atom stereocenters. The van der Waals surface area contributed by atoms with Crippen LogP contribution in [0.1, 0.15) is 15.4 Å². The van der Waals surface area contributed by atoms with Gasteiger partial charge in [-0.2, -0.15) is 5.26 Å². The minimum Gasteiger partial charge on any atom is -0.421 e. The van der Waals surface area contributed by atoms with Crippen LogP contribution < -0.4 is 5.63 Å². The van der Waals surface area contributed by atoms with Gasteiger partial charge in [0.25, 0.3) is 0 Å². The van der Waals surface area contributed by atoms with E-state index in [1.165, 1.54) is 17.4 Å². The fraction of sp³-hybridized carbons (Fsp3) is 0.0500. The number of thiophene rings is 1. The summed E-state index contributed by atoms with van der Waals surface area (Å²) in [6, 6.07) is 9.02. The monoisotopic (exact) mass is 444 g/mol. The molecule has 0 radical (unpaired) electrons. The summed E-state index contributed by atoms with van der Waals surface area (Å²) in [7, 11) is 0. The number of hydrogen-bond donors (Lipinski definition) is 0. The molecule has 8 heteroatoms. The number of thiazole rings is 1. The summed E-state index contributed by atoms with van der Waals surface area (Å²) in [5, 5.41) is 15.1. The van der Waals surface area contributed by atoms with Crippen LogP contribution in [0.3, 0.4) is 0 Å². The molecule has 4 nitrogen and oxygen atoms in total. The van der Waals surface area contributed by atoms with Gasteiger partial charge in [0.2, 0.25) is 0 Å². The second-order valence-corrected chi connectivity index (χ2v) is 8.58. The van der Waals surface area contributed by atoms with Crippen LogP contribution in [0, 0.1) is 18.3 Å². The lowest BCUT2D eigenvalue weighted by molar-refractivity contribution is 0.563. The Labute approximate surface area is 177 Å². The van der Waals surface area contributed by atoms with Gasteiger partial charge in [-0.15, -0.1) is 22.7 Å². The van der Waals surface area contributed by atoms with Crippen molar-refractivity contribution >= 4 is 68.5 Å². The maximum atomic E-state index is 12.4. The van der Waals surface area contributed by atoms with Crippen molar-refractivity contribution in [2.45, 2.75) is 6.92 Å². The van der Waals surface area contributed by atoms with E-state index in [4.69, 9.17) is 27.6 Å². The normalized spacial score (nSPS) is 11.7. The minimum absolute atomic E-state index is 0.270. The average Bonchev–Trinajstić information content (AvgIpc) is 3.29. The fourth-order valence-electron chi connectivity index (χ4n) is 2.66. The number of rotatable bonds is 3. The highest BCUT2D eigenvalue weighted by Gasteiger charge is 2.15. The molecule has 0 N–H and O–H groups in total. The van der Waals surface area contributed by atoms with Crippen molar-refractivity contribution in [3.63, 3.8) is 0 Å².